The lowest BCUT2D eigenvalue weighted by Crippen LogP contribution is -2.49. The Labute approximate surface area is 148 Å². The van der Waals surface area contributed by atoms with Crippen LogP contribution in [0.4, 0.5) is 5.69 Å². The predicted molar refractivity (Wildman–Crippen MR) is 99.8 cm³/mol. The molecule has 1 aliphatic rings. The van der Waals surface area contributed by atoms with Crippen molar-refractivity contribution >= 4 is 11.6 Å². The molecule has 1 aromatic heterocycles. The van der Waals surface area contributed by atoms with Crippen molar-refractivity contribution in [2.45, 2.75) is 31.2 Å². The van der Waals surface area contributed by atoms with Crippen molar-refractivity contribution in [2.75, 3.05) is 25.6 Å². The van der Waals surface area contributed by atoms with Gasteiger partial charge in [0.1, 0.15) is 0 Å². The summed E-state index contributed by atoms with van der Waals surface area (Å²) in [6.07, 6.45) is 7.07. The van der Waals surface area contributed by atoms with Crippen molar-refractivity contribution in [3.05, 3.63) is 48.3 Å². The molecule has 5 nitrogen and oxygen atoms in total. The molecule has 0 unspecified atom stereocenters. The monoisotopic (exact) mass is 339 g/mol. The Kier molecular flexibility index (Phi) is 5.04. The number of carbonyl (C=O) groups excluding carboxylic acids is 1. The van der Waals surface area contributed by atoms with E-state index in [-0.39, 0.29) is 12.5 Å². The van der Waals surface area contributed by atoms with Gasteiger partial charge >= 0.3 is 0 Å². The second-order valence-corrected chi connectivity index (χ2v) is 7.00. The van der Waals surface area contributed by atoms with Crippen LogP contribution in [0, 0.1) is 0 Å². The average molecular weight is 339 g/mol. The molecule has 1 heterocycles. The van der Waals surface area contributed by atoms with E-state index in [0.29, 0.717) is 5.56 Å². The molecule has 132 valence electrons. The van der Waals surface area contributed by atoms with E-state index in [1.807, 2.05) is 49.3 Å². The highest BCUT2D eigenvalue weighted by Crippen LogP contribution is 2.29. The molecule has 1 amide bonds. The van der Waals surface area contributed by atoms with Gasteiger partial charge in [0.15, 0.2) is 0 Å². The van der Waals surface area contributed by atoms with E-state index in [0.717, 1.165) is 42.5 Å². The molecule has 1 saturated carbocycles. The predicted octanol–water partition coefficient (Wildman–Crippen LogP) is 2.85. The quantitative estimate of drug-likeness (QED) is 0.879. The smallest absolute Gasteiger partial charge is 0.253 e. The van der Waals surface area contributed by atoms with Gasteiger partial charge in [-0.1, -0.05) is 25.0 Å². The Hall–Kier alpha value is -2.40. The fourth-order valence-corrected chi connectivity index (χ4v) is 3.36. The van der Waals surface area contributed by atoms with Gasteiger partial charge in [-0.05, 0) is 36.6 Å². The second kappa shape index (κ2) is 7.23. The molecule has 5 heteroatoms. The van der Waals surface area contributed by atoms with Gasteiger partial charge in [-0.15, -0.1) is 0 Å². The third-order valence-electron chi connectivity index (χ3n) is 4.96. The maximum Gasteiger partial charge on any atom is 0.253 e. The van der Waals surface area contributed by atoms with Gasteiger partial charge in [0.25, 0.3) is 5.91 Å². The van der Waals surface area contributed by atoms with Crippen molar-refractivity contribution < 1.29 is 9.90 Å². The number of aliphatic hydroxyl groups excluding tert-OH is 1. The van der Waals surface area contributed by atoms with Crippen LogP contribution in [0.3, 0.4) is 0 Å². The van der Waals surface area contributed by atoms with E-state index >= 15 is 0 Å². The minimum atomic E-state index is -0.472. The lowest BCUT2D eigenvalue weighted by Gasteiger charge is -2.28. The van der Waals surface area contributed by atoms with Gasteiger partial charge in [-0.3, -0.25) is 9.78 Å². The van der Waals surface area contributed by atoms with Crippen LogP contribution in [0.5, 0.6) is 0 Å². The van der Waals surface area contributed by atoms with Crippen molar-refractivity contribution in [1.29, 1.82) is 0 Å². The number of nitrogens with zero attached hydrogens (tertiary/aromatic N) is 2. The van der Waals surface area contributed by atoms with Crippen LogP contribution in [-0.2, 0) is 0 Å². The Morgan fingerprint density at radius 3 is 2.44 bits per heavy atom. The van der Waals surface area contributed by atoms with E-state index in [1.165, 1.54) is 0 Å². The number of hydrogen-bond donors (Lipinski definition) is 2. The molecule has 0 atom stereocenters. The normalized spacial score (nSPS) is 15.8. The number of aliphatic hydroxyl groups is 1. The Bertz CT molecular complexity index is 735. The molecule has 0 aliphatic heterocycles. The minimum Gasteiger partial charge on any atom is -0.394 e. The highest BCUT2D eigenvalue weighted by atomic mass is 16.3. The van der Waals surface area contributed by atoms with Crippen LogP contribution in [0.15, 0.2) is 42.7 Å². The summed E-state index contributed by atoms with van der Waals surface area (Å²) in [7, 11) is 4.00. The lowest BCUT2D eigenvalue weighted by molar-refractivity contribution is 0.0838. The van der Waals surface area contributed by atoms with E-state index in [9.17, 15) is 9.90 Å². The van der Waals surface area contributed by atoms with Crippen LogP contribution >= 0.6 is 0 Å². The summed E-state index contributed by atoms with van der Waals surface area (Å²) in [5, 5.41) is 12.7. The topological polar surface area (TPSA) is 65.5 Å². The van der Waals surface area contributed by atoms with Gasteiger partial charge in [-0.2, -0.15) is 0 Å². The van der Waals surface area contributed by atoms with Crippen LogP contribution in [0.25, 0.3) is 11.1 Å². The van der Waals surface area contributed by atoms with Crippen molar-refractivity contribution in [3.8, 4) is 11.1 Å². The summed E-state index contributed by atoms with van der Waals surface area (Å²) < 4.78 is 0. The lowest BCUT2D eigenvalue weighted by atomic mass is 9.98. The molecule has 1 aromatic carbocycles. The van der Waals surface area contributed by atoms with E-state index < -0.39 is 5.54 Å². The molecule has 25 heavy (non-hydrogen) atoms. The van der Waals surface area contributed by atoms with Crippen LogP contribution in [-0.4, -0.2) is 42.2 Å². The number of aromatic nitrogens is 1. The first-order valence-corrected chi connectivity index (χ1v) is 8.69. The van der Waals surface area contributed by atoms with Gasteiger partial charge in [-0.25, -0.2) is 0 Å². The van der Waals surface area contributed by atoms with Crippen LogP contribution < -0.4 is 10.2 Å². The van der Waals surface area contributed by atoms with Gasteiger partial charge in [0.05, 0.1) is 17.7 Å². The number of rotatable bonds is 5. The first-order chi connectivity index (χ1) is 12.0. The number of amides is 1. The molecule has 3 rings (SSSR count). The Morgan fingerprint density at radius 2 is 1.84 bits per heavy atom. The summed E-state index contributed by atoms with van der Waals surface area (Å²) in [5.74, 6) is -0.171. The zero-order valence-electron chi connectivity index (χ0n) is 14.8. The third kappa shape index (κ3) is 3.82. The molecule has 0 radical (unpaired) electrons. The number of anilines is 1. The molecule has 0 saturated heterocycles. The van der Waals surface area contributed by atoms with E-state index in [2.05, 4.69) is 10.3 Å². The highest BCUT2D eigenvalue weighted by molar-refractivity contribution is 5.95. The highest BCUT2D eigenvalue weighted by Gasteiger charge is 2.34. The molecular weight excluding hydrogens is 314 g/mol. The first kappa shape index (κ1) is 17.4. The fourth-order valence-electron chi connectivity index (χ4n) is 3.36. The molecule has 1 aliphatic carbocycles. The van der Waals surface area contributed by atoms with Crippen LogP contribution in [0.2, 0.25) is 0 Å². The molecule has 1 fully saturated rings. The number of carbonyl (C=O) groups is 1. The number of nitrogens with one attached hydrogen (secondary N) is 1. The fraction of sp³-hybridized carbons (Fsp3) is 0.400. The Balaban J connectivity index is 1.80. The third-order valence-corrected chi connectivity index (χ3v) is 4.96. The zero-order valence-corrected chi connectivity index (χ0v) is 14.8. The van der Waals surface area contributed by atoms with Gasteiger partial charge < -0.3 is 15.3 Å². The summed E-state index contributed by atoms with van der Waals surface area (Å²) in [4.78, 5) is 18.9. The number of pyridine rings is 1. The standard InChI is InChI=1S/C20H25N3O2/c1-23(2)18-7-5-15(6-8-18)16-11-17(13-21-12-16)19(25)22-20(14-24)9-3-4-10-20/h5-8,11-13,24H,3-4,9-10,14H2,1-2H3,(H,22,25). The maximum absolute atomic E-state index is 12.6. The second-order valence-electron chi connectivity index (χ2n) is 7.00. The molecule has 2 aromatic rings. The molecule has 2 N–H and O–H groups in total. The number of benzene rings is 1. The maximum atomic E-state index is 12.6. The van der Waals surface area contributed by atoms with E-state index in [1.54, 1.807) is 12.4 Å². The van der Waals surface area contributed by atoms with Crippen molar-refractivity contribution in [3.63, 3.8) is 0 Å². The molecular formula is C20H25N3O2. The van der Waals surface area contributed by atoms with Crippen LogP contribution in [0.1, 0.15) is 36.0 Å². The molecule has 0 bridgehead atoms. The SMILES string of the molecule is CN(C)c1ccc(-c2cncc(C(=O)NC3(CO)CCCC3)c2)cc1. The Morgan fingerprint density at radius 1 is 1.16 bits per heavy atom. The van der Waals surface area contributed by atoms with Gasteiger partial charge in [0, 0.05) is 37.7 Å². The summed E-state index contributed by atoms with van der Waals surface area (Å²) in [6, 6.07) is 10.00. The van der Waals surface area contributed by atoms with Crippen molar-refractivity contribution in [1.82, 2.24) is 10.3 Å². The van der Waals surface area contributed by atoms with Gasteiger partial charge in [0.2, 0.25) is 0 Å². The summed E-state index contributed by atoms with van der Waals surface area (Å²) in [6.45, 7) is -0.0160. The van der Waals surface area contributed by atoms with E-state index in [4.69, 9.17) is 0 Å². The zero-order chi connectivity index (χ0) is 17.9. The molecule has 0 spiro atoms. The average Bonchev–Trinajstić information content (AvgIpc) is 3.11. The summed E-state index contributed by atoms with van der Waals surface area (Å²) in [5.41, 5.74) is 3.10. The first-order valence-electron chi connectivity index (χ1n) is 8.69. The minimum absolute atomic E-state index is 0.0160. The number of hydrogen-bond acceptors (Lipinski definition) is 4. The van der Waals surface area contributed by atoms with Crippen molar-refractivity contribution in [2.24, 2.45) is 0 Å². The largest absolute Gasteiger partial charge is 0.394 e. The summed E-state index contributed by atoms with van der Waals surface area (Å²) >= 11 is 0.